The number of anilines is 1. The molecule has 9 nitrogen and oxygen atoms in total. The van der Waals surface area contributed by atoms with Gasteiger partial charge in [0, 0.05) is 31.5 Å². The summed E-state index contributed by atoms with van der Waals surface area (Å²) in [7, 11) is -7.16. The summed E-state index contributed by atoms with van der Waals surface area (Å²) < 4.78 is 50.3. The van der Waals surface area contributed by atoms with Crippen LogP contribution >= 0.6 is 0 Å². The molecule has 0 aromatic heterocycles. The molecule has 0 unspecified atom stereocenters. The first-order chi connectivity index (χ1) is 14.0. The molecule has 0 spiro atoms. The van der Waals surface area contributed by atoms with Gasteiger partial charge in [0.1, 0.15) is 5.69 Å². The van der Waals surface area contributed by atoms with Crippen molar-refractivity contribution < 1.29 is 21.8 Å². The zero-order valence-corrected chi connectivity index (χ0v) is 18.2. The Morgan fingerprint density at radius 3 is 2.10 bits per heavy atom. The second-order valence-electron chi connectivity index (χ2n) is 7.34. The number of nitro groups is 1. The lowest BCUT2D eigenvalue weighted by Crippen LogP contribution is -2.42. The quantitative estimate of drug-likeness (QED) is 0.526. The zero-order chi connectivity index (χ0) is 22.1. The molecule has 2 aromatic rings. The molecule has 162 valence electrons. The lowest BCUT2D eigenvalue weighted by atomic mass is 10.1. The maximum atomic E-state index is 12.8. The van der Waals surface area contributed by atoms with Crippen molar-refractivity contribution in [2.75, 3.05) is 24.7 Å². The number of nitrogens with one attached hydrogen (secondary N) is 1. The van der Waals surface area contributed by atoms with E-state index in [1.54, 1.807) is 24.3 Å². The van der Waals surface area contributed by atoms with E-state index in [0.717, 1.165) is 17.9 Å². The van der Waals surface area contributed by atoms with Crippen molar-refractivity contribution in [3.8, 4) is 0 Å². The number of sulfone groups is 1. The van der Waals surface area contributed by atoms with Crippen LogP contribution in [-0.4, -0.2) is 51.5 Å². The molecule has 0 bridgehead atoms. The van der Waals surface area contributed by atoms with Crippen molar-refractivity contribution in [2.45, 2.75) is 35.6 Å². The van der Waals surface area contributed by atoms with E-state index >= 15 is 0 Å². The molecule has 0 aliphatic carbocycles. The monoisotopic (exact) mass is 453 g/mol. The van der Waals surface area contributed by atoms with E-state index < -0.39 is 24.8 Å². The molecule has 0 amide bonds. The Bertz CT molecular complexity index is 1150. The van der Waals surface area contributed by atoms with Crippen molar-refractivity contribution in [2.24, 2.45) is 0 Å². The zero-order valence-electron chi connectivity index (χ0n) is 16.6. The van der Waals surface area contributed by atoms with E-state index in [9.17, 15) is 26.9 Å². The van der Waals surface area contributed by atoms with Crippen LogP contribution in [0.3, 0.4) is 0 Å². The molecular weight excluding hydrogens is 430 g/mol. The molecule has 3 rings (SSSR count). The molecule has 0 atom stereocenters. The Morgan fingerprint density at radius 2 is 1.57 bits per heavy atom. The van der Waals surface area contributed by atoms with Crippen LogP contribution in [0.2, 0.25) is 0 Å². The fraction of sp³-hybridized carbons (Fsp3) is 0.368. The van der Waals surface area contributed by atoms with E-state index in [1.165, 1.54) is 16.4 Å². The first-order valence-corrected chi connectivity index (χ1v) is 12.6. The summed E-state index contributed by atoms with van der Waals surface area (Å²) in [6.07, 6.45) is 1.93. The normalized spacial score (nSPS) is 16.3. The highest BCUT2D eigenvalue weighted by Crippen LogP contribution is 2.30. The Kier molecular flexibility index (Phi) is 6.16. The molecule has 0 saturated carbocycles. The second kappa shape index (κ2) is 8.32. The van der Waals surface area contributed by atoms with Gasteiger partial charge < -0.3 is 5.32 Å². The molecular formula is C19H23N3O6S2. The van der Waals surface area contributed by atoms with Gasteiger partial charge in [0.15, 0.2) is 9.84 Å². The number of hydrogen-bond acceptors (Lipinski definition) is 7. The third-order valence-corrected chi connectivity index (χ3v) is 8.09. The fourth-order valence-corrected chi connectivity index (χ4v) is 5.45. The SMILES string of the molecule is Cc1ccc(S(=O)(=O)N2CCC(Nc3ccc(S(C)(=O)=O)cc3[N+](=O)[O-])CC2)cc1. The van der Waals surface area contributed by atoms with Gasteiger partial charge in [0.25, 0.3) is 5.69 Å². The second-order valence-corrected chi connectivity index (χ2v) is 11.3. The summed E-state index contributed by atoms with van der Waals surface area (Å²) in [5.74, 6) is 0. The summed E-state index contributed by atoms with van der Waals surface area (Å²) >= 11 is 0. The predicted octanol–water partition coefficient (Wildman–Crippen LogP) is 2.57. The first-order valence-electron chi connectivity index (χ1n) is 9.30. The molecule has 1 aliphatic rings. The molecule has 1 saturated heterocycles. The molecule has 0 radical (unpaired) electrons. The molecule has 11 heteroatoms. The third-order valence-electron chi connectivity index (χ3n) is 5.07. The number of sulfonamides is 1. The van der Waals surface area contributed by atoms with E-state index in [-0.39, 0.29) is 40.3 Å². The minimum atomic E-state index is -3.59. The Balaban J connectivity index is 1.72. The number of nitro benzene ring substituents is 1. The van der Waals surface area contributed by atoms with E-state index in [0.29, 0.717) is 12.8 Å². The minimum Gasteiger partial charge on any atom is -0.377 e. The van der Waals surface area contributed by atoms with Crippen LogP contribution in [0, 0.1) is 17.0 Å². The predicted molar refractivity (Wildman–Crippen MR) is 113 cm³/mol. The van der Waals surface area contributed by atoms with Gasteiger partial charge in [-0.1, -0.05) is 17.7 Å². The largest absolute Gasteiger partial charge is 0.377 e. The molecule has 1 fully saturated rings. The van der Waals surface area contributed by atoms with Crippen molar-refractivity contribution in [1.82, 2.24) is 4.31 Å². The highest BCUT2D eigenvalue weighted by Gasteiger charge is 2.30. The summed E-state index contributed by atoms with van der Waals surface area (Å²) in [4.78, 5) is 10.9. The van der Waals surface area contributed by atoms with Crippen LogP contribution in [0.15, 0.2) is 52.3 Å². The van der Waals surface area contributed by atoms with Crippen LogP contribution in [0.25, 0.3) is 0 Å². The maximum absolute atomic E-state index is 12.8. The Labute approximate surface area is 175 Å². The van der Waals surface area contributed by atoms with Crippen molar-refractivity contribution >= 4 is 31.2 Å². The highest BCUT2D eigenvalue weighted by atomic mass is 32.2. The number of hydrogen-bond donors (Lipinski definition) is 1. The molecule has 1 aliphatic heterocycles. The Hall–Kier alpha value is -2.50. The number of nitrogens with zero attached hydrogens (tertiary/aromatic N) is 2. The molecule has 2 aromatic carbocycles. The van der Waals surface area contributed by atoms with Crippen molar-refractivity contribution in [1.29, 1.82) is 0 Å². The lowest BCUT2D eigenvalue weighted by Gasteiger charge is -2.32. The number of rotatable bonds is 6. The fourth-order valence-electron chi connectivity index (χ4n) is 3.33. The van der Waals surface area contributed by atoms with Gasteiger partial charge in [0.2, 0.25) is 10.0 Å². The summed E-state index contributed by atoms with van der Waals surface area (Å²) in [6, 6.07) is 10.2. The van der Waals surface area contributed by atoms with Gasteiger partial charge in [-0.15, -0.1) is 0 Å². The van der Waals surface area contributed by atoms with Crippen LogP contribution in [0.5, 0.6) is 0 Å². The standard InChI is InChI=1S/C19H23N3O6S2/c1-14-3-5-16(6-4-14)30(27,28)21-11-9-15(10-12-21)20-18-8-7-17(29(2,25)26)13-19(18)22(23)24/h3-8,13,15,20H,9-12H2,1-2H3. The summed E-state index contributed by atoms with van der Waals surface area (Å²) in [6.45, 7) is 2.45. The maximum Gasteiger partial charge on any atom is 0.293 e. The van der Waals surface area contributed by atoms with Crippen molar-refractivity contribution in [3.05, 3.63) is 58.1 Å². The van der Waals surface area contributed by atoms with Gasteiger partial charge in [-0.25, -0.2) is 16.8 Å². The van der Waals surface area contributed by atoms with Crippen LogP contribution in [-0.2, 0) is 19.9 Å². The van der Waals surface area contributed by atoms with Gasteiger partial charge in [-0.05, 0) is 44.0 Å². The lowest BCUT2D eigenvalue weighted by molar-refractivity contribution is -0.384. The average molecular weight is 454 g/mol. The first kappa shape index (κ1) is 22.2. The van der Waals surface area contributed by atoms with Crippen LogP contribution in [0.1, 0.15) is 18.4 Å². The molecule has 1 heterocycles. The Morgan fingerprint density at radius 1 is 1.00 bits per heavy atom. The number of benzene rings is 2. The van der Waals surface area contributed by atoms with Gasteiger partial charge in [0.05, 0.1) is 14.7 Å². The summed E-state index contributed by atoms with van der Waals surface area (Å²) in [5.41, 5.74) is 0.861. The van der Waals surface area contributed by atoms with Gasteiger partial charge >= 0.3 is 0 Å². The topological polar surface area (TPSA) is 127 Å². The van der Waals surface area contributed by atoms with Crippen LogP contribution < -0.4 is 5.32 Å². The van der Waals surface area contributed by atoms with Gasteiger partial charge in [-0.3, -0.25) is 10.1 Å². The number of aryl methyl sites for hydroxylation is 1. The van der Waals surface area contributed by atoms with E-state index in [4.69, 9.17) is 0 Å². The van der Waals surface area contributed by atoms with Crippen molar-refractivity contribution in [3.63, 3.8) is 0 Å². The molecule has 30 heavy (non-hydrogen) atoms. The third kappa shape index (κ3) is 4.79. The molecule has 1 N–H and O–H groups in total. The van der Waals surface area contributed by atoms with Crippen LogP contribution in [0.4, 0.5) is 11.4 Å². The summed E-state index contributed by atoms with van der Waals surface area (Å²) in [5, 5.41) is 14.5. The average Bonchev–Trinajstić information content (AvgIpc) is 2.68. The minimum absolute atomic E-state index is 0.126. The van der Waals surface area contributed by atoms with E-state index in [2.05, 4.69) is 5.32 Å². The smallest absolute Gasteiger partial charge is 0.293 e. The number of piperidine rings is 1. The van der Waals surface area contributed by atoms with E-state index in [1.807, 2.05) is 6.92 Å². The highest BCUT2D eigenvalue weighted by molar-refractivity contribution is 7.90. The van der Waals surface area contributed by atoms with Gasteiger partial charge in [-0.2, -0.15) is 4.31 Å².